The van der Waals surface area contributed by atoms with Gasteiger partial charge in [-0.05, 0) is 37.0 Å². The van der Waals surface area contributed by atoms with Crippen molar-refractivity contribution in [2.45, 2.75) is 64.7 Å². The Balaban J connectivity index is 1.91. The second-order valence-corrected chi connectivity index (χ2v) is 6.74. The molecule has 0 spiro atoms. The van der Waals surface area contributed by atoms with Crippen LogP contribution in [0.3, 0.4) is 0 Å². The summed E-state index contributed by atoms with van der Waals surface area (Å²) in [5, 5.41) is 9.10. The number of aliphatic carboxylic acids is 1. The van der Waals surface area contributed by atoms with Gasteiger partial charge in [0.2, 0.25) is 5.91 Å². The zero-order valence-electron chi connectivity index (χ0n) is 12.6. The lowest BCUT2D eigenvalue weighted by molar-refractivity contribution is -0.141. The standard InChI is InChI=1S/C16H27NO3/c1-2-5-13-6-9-17(12-13)14(18)10-16(11-15(19)20)7-3-4-8-16/h13H,2-12H2,1H3,(H,19,20). The highest BCUT2D eigenvalue weighted by molar-refractivity contribution is 5.78. The van der Waals surface area contributed by atoms with E-state index < -0.39 is 5.97 Å². The molecule has 0 aromatic heterocycles. The van der Waals surface area contributed by atoms with E-state index in [0.29, 0.717) is 12.3 Å². The third-order valence-electron chi connectivity index (χ3n) is 5.05. The number of amides is 1. The lowest BCUT2D eigenvalue weighted by Gasteiger charge is -2.29. The molecule has 0 radical (unpaired) electrons. The molecular weight excluding hydrogens is 254 g/mol. The summed E-state index contributed by atoms with van der Waals surface area (Å²) in [6, 6.07) is 0. The summed E-state index contributed by atoms with van der Waals surface area (Å²) in [5.74, 6) is 0.0830. The molecule has 2 fully saturated rings. The monoisotopic (exact) mass is 281 g/mol. The predicted octanol–water partition coefficient (Wildman–Crippen LogP) is 3.06. The van der Waals surface area contributed by atoms with E-state index in [1.165, 1.54) is 12.8 Å². The molecule has 2 rings (SSSR count). The molecule has 0 aromatic rings. The Morgan fingerprint density at radius 3 is 2.55 bits per heavy atom. The fraction of sp³-hybridized carbons (Fsp3) is 0.875. The van der Waals surface area contributed by atoms with Crippen LogP contribution in [0.1, 0.15) is 64.7 Å². The topological polar surface area (TPSA) is 57.6 Å². The first-order chi connectivity index (χ1) is 9.54. The van der Waals surface area contributed by atoms with Gasteiger partial charge in [-0.2, -0.15) is 0 Å². The van der Waals surface area contributed by atoms with Crippen LogP contribution in [0.5, 0.6) is 0 Å². The van der Waals surface area contributed by atoms with Crippen LogP contribution in [0, 0.1) is 11.3 Å². The van der Waals surface area contributed by atoms with Crippen LogP contribution in [0.4, 0.5) is 0 Å². The normalized spacial score (nSPS) is 25.1. The number of nitrogens with zero attached hydrogens (tertiary/aromatic N) is 1. The van der Waals surface area contributed by atoms with Crippen molar-refractivity contribution in [1.82, 2.24) is 4.90 Å². The molecule has 4 heteroatoms. The number of carbonyl (C=O) groups is 2. The molecule has 0 aromatic carbocycles. The van der Waals surface area contributed by atoms with Crippen molar-refractivity contribution < 1.29 is 14.7 Å². The zero-order valence-corrected chi connectivity index (χ0v) is 12.6. The van der Waals surface area contributed by atoms with Crippen molar-refractivity contribution in [2.75, 3.05) is 13.1 Å². The van der Waals surface area contributed by atoms with Gasteiger partial charge in [-0.3, -0.25) is 9.59 Å². The number of rotatable bonds is 6. The highest BCUT2D eigenvalue weighted by atomic mass is 16.4. The molecule has 1 heterocycles. The Bertz CT molecular complexity index is 361. The third-order valence-corrected chi connectivity index (χ3v) is 5.05. The van der Waals surface area contributed by atoms with Gasteiger partial charge in [0.25, 0.3) is 0 Å². The molecule has 1 N–H and O–H groups in total. The van der Waals surface area contributed by atoms with E-state index in [1.54, 1.807) is 0 Å². The van der Waals surface area contributed by atoms with E-state index in [9.17, 15) is 9.59 Å². The summed E-state index contributed by atoms with van der Waals surface area (Å²) in [6.45, 7) is 3.94. The van der Waals surface area contributed by atoms with E-state index in [1.807, 2.05) is 4.90 Å². The second-order valence-electron chi connectivity index (χ2n) is 6.74. The molecule has 1 aliphatic carbocycles. The predicted molar refractivity (Wildman–Crippen MR) is 77.4 cm³/mol. The fourth-order valence-electron chi connectivity index (χ4n) is 4.00. The van der Waals surface area contributed by atoms with E-state index >= 15 is 0 Å². The lowest BCUT2D eigenvalue weighted by atomic mass is 9.79. The van der Waals surface area contributed by atoms with Gasteiger partial charge in [0.15, 0.2) is 0 Å². The SMILES string of the molecule is CCCC1CCN(C(=O)CC2(CC(=O)O)CCCC2)C1. The van der Waals surface area contributed by atoms with E-state index in [4.69, 9.17) is 5.11 Å². The molecule has 1 saturated heterocycles. The fourth-order valence-corrected chi connectivity index (χ4v) is 4.00. The zero-order chi connectivity index (χ0) is 14.6. The first-order valence-electron chi connectivity index (χ1n) is 8.04. The molecule has 4 nitrogen and oxygen atoms in total. The third kappa shape index (κ3) is 3.74. The average molecular weight is 281 g/mol. The number of hydrogen-bond acceptors (Lipinski definition) is 2. The van der Waals surface area contributed by atoms with Crippen LogP contribution in [-0.4, -0.2) is 35.0 Å². The highest BCUT2D eigenvalue weighted by Crippen LogP contribution is 2.44. The van der Waals surface area contributed by atoms with Crippen LogP contribution in [0.2, 0.25) is 0 Å². The minimum absolute atomic E-state index is 0.158. The number of hydrogen-bond donors (Lipinski definition) is 1. The number of carboxylic acids is 1. The van der Waals surface area contributed by atoms with Gasteiger partial charge >= 0.3 is 5.97 Å². The van der Waals surface area contributed by atoms with Crippen molar-refractivity contribution in [2.24, 2.45) is 11.3 Å². The highest BCUT2D eigenvalue weighted by Gasteiger charge is 2.39. The first kappa shape index (κ1) is 15.3. The van der Waals surface area contributed by atoms with Gasteiger partial charge in [0.05, 0.1) is 6.42 Å². The largest absolute Gasteiger partial charge is 0.481 e. The number of likely N-dealkylation sites (tertiary alicyclic amines) is 1. The maximum absolute atomic E-state index is 12.5. The van der Waals surface area contributed by atoms with Crippen LogP contribution >= 0.6 is 0 Å². The quantitative estimate of drug-likeness (QED) is 0.814. The van der Waals surface area contributed by atoms with Crippen LogP contribution in [-0.2, 0) is 9.59 Å². The molecule has 114 valence electrons. The summed E-state index contributed by atoms with van der Waals surface area (Å²) in [7, 11) is 0. The van der Waals surface area contributed by atoms with Gasteiger partial charge in [-0.25, -0.2) is 0 Å². The van der Waals surface area contributed by atoms with Crippen molar-refractivity contribution in [3.63, 3.8) is 0 Å². The summed E-state index contributed by atoms with van der Waals surface area (Å²) in [6.07, 6.45) is 8.03. The minimum Gasteiger partial charge on any atom is -0.481 e. The van der Waals surface area contributed by atoms with Crippen molar-refractivity contribution >= 4 is 11.9 Å². The second kappa shape index (κ2) is 6.59. The van der Waals surface area contributed by atoms with Crippen LogP contribution < -0.4 is 0 Å². The van der Waals surface area contributed by atoms with Gasteiger partial charge in [0, 0.05) is 19.5 Å². The molecule has 1 amide bonds. The Morgan fingerprint density at radius 1 is 1.25 bits per heavy atom. The number of carboxylic acid groups (broad SMARTS) is 1. The average Bonchev–Trinajstić information content (AvgIpc) is 2.98. The van der Waals surface area contributed by atoms with Gasteiger partial charge in [0.1, 0.15) is 0 Å². The van der Waals surface area contributed by atoms with Crippen LogP contribution in [0.15, 0.2) is 0 Å². The Hall–Kier alpha value is -1.06. The maximum Gasteiger partial charge on any atom is 0.303 e. The Labute approximate surface area is 121 Å². The molecule has 1 atom stereocenters. The van der Waals surface area contributed by atoms with Gasteiger partial charge in [-0.15, -0.1) is 0 Å². The molecule has 20 heavy (non-hydrogen) atoms. The smallest absolute Gasteiger partial charge is 0.303 e. The summed E-state index contributed by atoms with van der Waals surface area (Å²) < 4.78 is 0. The van der Waals surface area contributed by atoms with Crippen molar-refractivity contribution in [3.05, 3.63) is 0 Å². The molecule has 1 aliphatic heterocycles. The molecule has 1 saturated carbocycles. The lowest BCUT2D eigenvalue weighted by Crippen LogP contribution is -2.34. The Morgan fingerprint density at radius 2 is 1.95 bits per heavy atom. The molecular formula is C16H27NO3. The number of carbonyl (C=O) groups excluding carboxylic acids is 1. The summed E-state index contributed by atoms with van der Waals surface area (Å²) in [5.41, 5.74) is -0.258. The summed E-state index contributed by atoms with van der Waals surface area (Å²) in [4.78, 5) is 25.5. The summed E-state index contributed by atoms with van der Waals surface area (Å²) >= 11 is 0. The van der Waals surface area contributed by atoms with Gasteiger partial charge < -0.3 is 10.0 Å². The molecule has 2 aliphatic rings. The van der Waals surface area contributed by atoms with E-state index in [-0.39, 0.29) is 17.7 Å². The molecule has 0 bridgehead atoms. The van der Waals surface area contributed by atoms with Crippen molar-refractivity contribution in [3.8, 4) is 0 Å². The van der Waals surface area contributed by atoms with Crippen LogP contribution in [0.25, 0.3) is 0 Å². The van der Waals surface area contributed by atoms with E-state index in [0.717, 1.165) is 45.2 Å². The maximum atomic E-state index is 12.5. The first-order valence-corrected chi connectivity index (χ1v) is 8.04. The minimum atomic E-state index is -0.759. The van der Waals surface area contributed by atoms with Gasteiger partial charge in [-0.1, -0.05) is 26.2 Å². The Kier molecular flexibility index (Phi) is 5.06. The molecule has 1 unspecified atom stereocenters. The van der Waals surface area contributed by atoms with E-state index in [2.05, 4.69) is 6.92 Å². The van der Waals surface area contributed by atoms with Crippen molar-refractivity contribution in [1.29, 1.82) is 0 Å².